The van der Waals surface area contributed by atoms with E-state index in [-0.39, 0.29) is 0 Å². The summed E-state index contributed by atoms with van der Waals surface area (Å²) in [5.74, 6) is 3.42. The van der Waals surface area contributed by atoms with Crippen LogP contribution >= 0.6 is 0 Å². The summed E-state index contributed by atoms with van der Waals surface area (Å²) in [6.07, 6.45) is 8.94. The SMILES string of the molecule is CC(NCc1ccc(O)cc1)C12CC3CC(CC(C3)C1)C2. The summed E-state index contributed by atoms with van der Waals surface area (Å²) in [6, 6.07) is 8.22. The molecule has 0 amide bonds. The second kappa shape index (κ2) is 5.01. The van der Waals surface area contributed by atoms with E-state index >= 15 is 0 Å². The zero-order chi connectivity index (χ0) is 14.4. The number of aromatic hydroxyl groups is 1. The molecule has 2 nitrogen and oxygen atoms in total. The molecule has 114 valence electrons. The van der Waals surface area contributed by atoms with Gasteiger partial charge in [-0.1, -0.05) is 12.1 Å². The third-order valence-electron chi connectivity index (χ3n) is 6.55. The average Bonchev–Trinajstić information content (AvgIpc) is 2.45. The number of rotatable bonds is 4. The molecule has 2 N–H and O–H groups in total. The first-order valence-corrected chi connectivity index (χ1v) is 8.64. The Balaban J connectivity index is 1.42. The fourth-order valence-corrected chi connectivity index (χ4v) is 5.81. The van der Waals surface area contributed by atoms with Gasteiger partial charge in [-0.3, -0.25) is 0 Å². The second-order valence-electron chi connectivity index (χ2n) is 8.05. The Morgan fingerprint density at radius 1 is 1.05 bits per heavy atom. The van der Waals surface area contributed by atoms with Gasteiger partial charge in [0.1, 0.15) is 5.75 Å². The largest absolute Gasteiger partial charge is 0.508 e. The van der Waals surface area contributed by atoms with Crippen molar-refractivity contribution in [3.63, 3.8) is 0 Å². The Bertz CT molecular complexity index is 472. The van der Waals surface area contributed by atoms with E-state index in [1.54, 1.807) is 12.1 Å². The molecule has 0 aromatic heterocycles. The molecule has 0 saturated heterocycles. The van der Waals surface area contributed by atoms with Crippen molar-refractivity contribution >= 4 is 0 Å². The van der Waals surface area contributed by atoms with Crippen molar-refractivity contribution in [3.05, 3.63) is 29.8 Å². The molecule has 0 heterocycles. The van der Waals surface area contributed by atoms with Gasteiger partial charge in [0.05, 0.1) is 0 Å². The van der Waals surface area contributed by atoms with Crippen molar-refractivity contribution in [2.24, 2.45) is 23.2 Å². The smallest absolute Gasteiger partial charge is 0.115 e. The van der Waals surface area contributed by atoms with E-state index in [2.05, 4.69) is 12.2 Å². The molecule has 1 unspecified atom stereocenters. The van der Waals surface area contributed by atoms with E-state index in [1.165, 1.54) is 44.1 Å². The molecule has 1 atom stereocenters. The maximum absolute atomic E-state index is 9.37. The topological polar surface area (TPSA) is 32.3 Å². The number of nitrogens with one attached hydrogen (secondary N) is 1. The second-order valence-corrected chi connectivity index (χ2v) is 8.05. The van der Waals surface area contributed by atoms with Crippen molar-refractivity contribution in [1.82, 2.24) is 5.32 Å². The van der Waals surface area contributed by atoms with Gasteiger partial charge in [-0.15, -0.1) is 0 Å². The third kappa shape index (κ3) is 2.48. The van der Waals surface area contributed by atoms with Crippen LogP contribution in [0, 0.1) is 23.2 Å². The van der Waals surface area contributed by atoms with Crippen LogP contribution in [0.15, 0.2) is 24.3 Å². The van der Waals surface area contributed by atoms with Gasteiger partial charge in [-0.05, 0) is 86.3 Å². The molecule has 21 heavy (non-hydrogen) atoms. The molecule has 4 saturated carbocycles. The summed E-state index contributed by atoms with van der Waals surface area (Å²) in [5.41, 5.74) is 1.84. The van der Waals surface area contributed by atoms with Crippen LogP contribution in [0.1, 0.15) is 51.0 Å². The Kier molecular flexibility index (Phi) is 3.25. The zero-order valence-corrected chi connectivity index (χ0v) is 13.0. The van der Waals surface area contributed by atoms with E-state index in [9.17, 15) is 5.11 Å². The first-order chi connectivity index (χ1) is 10.1. The first-order valence-electron chi connectivity index (χ1n) is 8.64. The number of phenols is 1. The van der Waals surface area contributed by atoms with Gasteiger partial charge >= 0.3 is 0 Å². The minimum Gasteiger partial charge on any atom is -0.508 e. The standard InChI is InChI=1S/C19H27NO/c1-13(20-12-14-2-4-18(21)5-3-14)19-9-15-6-16(10-19)8-17(7-15)11-19/h2-5,13,15-17,20-21H,6-12H2,1H3. The van der Waals surface area contributed by atoms with Crippen LogP contribution in [0.4, 0.5) is 0 Å². The molecule has 0 spiro atoms. The molecule has 0 radical (unpaired) electrons. The molecule has 4 aliphatic carbocycles. The minimum absolute atomic E-state index is 0.355. The van der Waals surface area contributed by atoms with Crippen molar-refractivity contribution in [3.8, 4) is 5.75 Å². The lowest BCUT2D eigenvalue weighted by Gasteiger charge is -2.59. The summed E-state index contributed by atoms with van der Waals surface area (Å²) in [6.45, 7) is 3.33. The Hall–Kier alpha value is -1.02. The molecule has 4 fully saturated rings. The van der Waals surface area contributed by atoms with E-state index < -0.39 is 0 Å². The minimum atomic E-state index is 0.355. The van der Waals surface area contributed by atoms with Crippen LogP contribution in [0.3, 0.4) is 0 Å². The highest BCUT2D eigenvalue weighted by atomic mass is 16.3. The van der Waals surface area contributed by atoms with Gasteiger partial charge in [-0.25, -0.2) is 0 Å². The van der Waals surface area contributed by atoms with Crippen LogP contribution in [0.2, 0.25) is 0 Å². The lowest BCUT2D eigenvalue weighted by Crippen LogP contribution is -2.54. The molecule has 4 bridgehead atoms. The van der Waals surface area contributed by atoms with Gasteiger partial charge < -0.3 is 10.4 Å². The van der Waals surface area contributed by atoms with Crippen LogP contribution < -0.4 is 5.32 Å². The van der Waals surface area contributed by atoms with Gasteiger partial charge in [0, 0.05) is 12.6 Å². The monoisotopic (exact) mass is 285 g/mol. The van der Waals surface area contributed by atoms with Gasteiger partial charge in [0.2, 0.25) is 0 Å². The Labute approximate surface area is 128 Å². The fourth-order valence-electron chi connectivity index (χ4n) is 5.81. The molecule has 1 aromatic rings. The predicted octanol–water partition coefficient (Wildman–Crippen LogP) is 4.09. The van der Waals surface area contributed by atoms with Crippen molar-refractivity contribution < 1.29 is 5.11 Å². The lowest BCUT2D eigenvalue weighted by atomic mass is 9.48. The highest BCUT2D eigenvalue weighted by Crippen LogP contribution is 2.61. The summed E-state index contributed by atoms with van der Waals surface area (Å²) in [5, 5.41) is 13.2. The van der Waals surface area contributed by atoms with E-state index in [0.717, 1.165) is 24.3 Å². The molecular formula is C19H27NO. The molecule has 1 aromatic carbocycles. The number of benzene rings is 1. The summed E-state index contributed by atoms with van der Waals surface area (Å²) < 4.78 is 0. The summed E-state index contributed by atoms with van der Waals surface area (Å²) in [7, 11) is 0. The van der Waals surface area contributed by atoms with E-state index in [4.69, 9.17) is 0 Å². The van der Waals surface area contributed by atoms with Gasteiger partial charge in [0.25, 0.3) is 0 Å². The van der Waals surface area contributed by atoms with Crippen LogP contribution in [-0.4, -0.2) is 11.1 Å². The summed E-state index contributed by atoms with van der Waals surface area (Å²) >= 11 is 0. The molecule has 0 aliphatic heterocycles. The Morgan fingerprint density at radius 2 is 1.57 bits per heavy atom. The molecule has 4 aliphatic rings. The zero-order valence-electron chi connectivity index (χ0n) is 13.0. The maximum Gasteiger partial charge on any atom is 0.115 e. The quantitative estimate of drug-likeness (QED) is 0.873. The van der Waals surface area contributed by atoms with Crippen molar-refractivity contribution in [2.75, 3.05) is 0 Å². The van der Waals surface area contributed by atoms with Gasteiger partial charge in [0.15, 0.2) is 0 Å². The van der Waals surface area contributed by atoms with Crippen LogP contribution in [0.5, 0.6) is 5.75 Å². The van der Waals surface area contributed by atoms with Crippen LogP contribution in [0.25, 0.3) is 0 Å². The normalized spacial score (nSPS) is 38.6. The van der Waals surface area contributed by atoms with Crippen molar-refractivity contribution in [2.45, 2.75) is 58.0 Å². The van der Waals surface area contributed by atoms with Crippen molar-refractivity contribution in [1.29, 1.82) is 0 Å². The van der Waals surface area contributed by atoms with Crippen LogP contribution in [-0.2, 0) is 6.54 Å². The molecular weight excluding hydrogens is 258 g/mol. The lowest BCUT2D eigenvalue weighted by molar-refractivity contribution is -0.0706. The summed E-state index contributed by atoms with van der Waals surface area (Å²) in [4.78, 5) is 0. The molecule has 5 rings (SSSR count). The first kappa shape index (κ1) is 13.6. The highest BCUT2D eigenvalue weighted by Gasteiger charge is 2.52. The van der Waals surface area contributed by atoms with E-state index in [0.29, 0.717) is 17.2 Å². The highest BCUT2D eigenvalue weighted by molar-refractivity contribution is 5.25. The average molecular weight is 285 g/mol. The fraction of sp³-hybridized carbons (Fsp3) is 0.684. The predicted molar refractivity (Wildman–Crippen MR) is 85.0 cm³/mol. The molecule has 2 heteroatoms. The number of phenolic OH excluding ortho intramolecular Hbond substituents is 1. The number of hydrogen-bond acceptors (Lipinski definition) is 2. The maximum atomic E-state index is 9.37. The number of hydrogen-bond donors (Lipinski definition) is 2. The Morgan fingerprint density at radius 3 is 2.10 bits per heavy atom. The van der Waals surface area contributed by atoms with E-state index in [1.807, 2.05) is 12.1 Å². The van der Waals surface area contributed by atoms with Gasteiger partial charge in [-0.2, -0.15) is 0 Å². The third-order valence-corrected chi connectivity index (χ3v) is 6.55.